The zero-order valence-electron chi connectivity index (χ0n) is 12.8. The number of hydrogen-bond donors (Lipinski definition) is 1. The maximum Gasteiger partial charge on any atom is 0.258 e. The number of hydrogen-bond acceptors (Lipinski definition) is 0. The average Bonchev–Trinajstić information content (AvgIpc) is 2.89. The van der Waals surface area contributed by atoms with Crippen molar-refractivity contribution in [1.29, 1.82) is 0 Å². The molecule has 1 heterocycles. The van der Waals surface area contributed by atoms with Crippen LogP contribution in [-0.4, -0.2) is 4.98 Å². The molecule has 2 aromatic carbocycles. The van der Waals surface area contributed by atoms with E-state index >= 15 is 0 Å². The van der Waals surface area contributed by atoms with Crippen LogP contribution in [0.5, 0.6) is 0 Å². The molecule has 3 rings (SSSR count). The molecular weight excluding hydrogens is 256 g/mol. The fourth-order valence-corrected chi connectivity index (χ4v) is 3.08. The van der Waals surface area contributed by atoms with Gasteiger partial charge >= 0.3 is 0 Å². The highest BCUT2D eigenvalue weighted by atomic mass is 15.1. The van der Waals surface area contributed by atoms with Crippen molar-refractivity contribution >= 4 is 11.0 Å². The van der Waals surface area contributed by atoms with Gasteiger partial charge in [0, 0.05) is 0 Å². The fraction of sp³-hybridized carbons (Fsp3) is 0.316. The number of aromatic amines is 1. The number of benzene rings is 2. The predicted molar refractivity (Wildman–Crippen MR) is 87.4 cm³/mol. The molecule has 0 bridgehead atoms. The molecule has 0 aliphatic heterocycles. The lowest BCUT2D eigenvalue weighted by molar-refractivity contribution is -0.671. The monoisotopic (exact) mass is 279 g/mol. The Morgan fingerprint density at radius 2 is 1.57 bits per heavy atom. The topological polar surface area (TPSA) is 19.7 Å². The Hall–Kier alpha value is -2.09. The molecular formula is C19H23N2+. The molecule has 0 atom stereocenters. The van der Waals surface area contributed by atoms with Crippen LogP contribution in [0.15, 0.2) is 54.6 Å². The van der Waals surface area contributed by atoms with Crippen LogP contribution in [0.1, 0.15) is 44.0 Å². The molecule has 0 aliphatic rings. The van der Waals surface area contributed by atoms with E-state index in [9.17, 15) is 0 Å². The quantitative estimate of drug-likeness (QED) is 0.668. The lowest BCUT2D eigenvalue weighted by Gasteiger charge is -2.09. The van der Waals surface area contributed by atoms with Crippen molar-refractivity contribution in [2.75, 3.05) is 0 Å². The summed E-state index contributed by atoms with van der Waals surface area (Å²) < 4.78 is 2.45. The van der Waals surface area contributed by atoms with Gasteiger partial charge in [-0.15, -0.1) is 0 Å². The smallest absolute Gasteiger partial charge is 0.241 e. The third kappa shape index (κ3) is 2.71. The summed E-state index contributed by atoms with van der Waals surface area (Å²) in [6, 6.07) is 19.3. The molecule has 0 saturated heterocycles. The molecule has 0 aliphatic carbocycles. The first-order valence-corrected chi connectivity index (χ1v) is 7.87. The highest BCUT2D eigenvalue weighted by Gasteiger charge is 2.24. The van der Waals surface area contributed by atoms with Gasteiger partial charge in [-0.2, -0.15) is 0 Å². The minimum atomic E-state index is 0.584. The van der Waals surface area contributed by atoms with Gasteiger partial charge < -0.3 is 0 Å². The van der Waals surface area contributed by atoms with E-state index < -0.39 is 0 Å². The van der Waals surface area contributed by atoms with E-state index in [-0.39, 0.29) is 0 Å². The second-order valence-electron chi connectivity index (χ2n) is 5.61. The fourth-order valence-electron chi connectivity index (χ4n) is 3.08. The number of nitrogens with one attached hydrogen (secondary N) is 1. The maximum atomic E-state index is 3.65. The Labute approximate surface area is 126 Å². The third-order valence-electron chi connectivity index (χ3n) is 4.30. The minimum Gasteiger partial charge on any atom is -0.241 e. The SMILES string of the molecule is CCC(CC)c1[nH]c2ccccc2[n+]1Cc1ccccc1. The molecule has 21 heavy (non-hydrogen) atoms. The summed E-state index contributed by atoms with van der Waals surface area (Å²) in [6.07, 6.45) is 2.33. The van der Waals surface area contributed by atoms with Crippen LogP contribution in [0, 0.1) is 0 Å². The normalized spacial score (nSPS) is 11.4. The molecule has 0 radical (unpaired) electrons. The van der Waals surface area contributed by atoms with Gasteiger partial charge in [-0.1, -0.05) is 56.3 Å². The molecule has 0 unspecified atom stereocenters. The van der Waals surface area contributed by atoms with Crippen molar-refractivity contribution in [2.45, 2.75) is 39.2 Å². The van der Waals surface area contributed by atoms with E-state index in [4.69, 9.17) is 0 Å². The number of fused-ring (bicyclic) bond motifs is 1. The Bertz CT molecular complexity index is 709. The van der Waals surface area contributed by atoms with Crippen molar-refractivity contribution in [2.24, 2.45) is 0 Å². The summed E-state index contributed by atoms with van der Waals surface area (Å²) in [6.45, 7) is 5.47. The highest BCUT2D eigenvalue weighted by Crippen LogP contribution is 2.22. The van der Waals surface area contributed by atoms with Crippen molar-refractivity contribution in [1.82, 2.24) is 4.98 Å². The third-order valence-corrected chi connectivity index (χ3v) is 4.30. The summed E-state index contributed by atoms with van der Waals surface area (Å²) in [5.74, 6) is 1.94. The van der Waals surface area contributed by atoms with Crippen molar-refractivity contribution in [3.63, 3.8) is 0 Å². The van der Waals surface area contributed by atoms with E-state index in [2.05, 4.69) is 78.0 Å². The van der Waals surface area contributed by atoms with Gasteiger partial charge in [-0.25, -0.2) is 9.55 Å². The van der Waals surface area contributed by atoms with Crippen LogP contribution in [0.25, 0.3) is 11.0 Å². The van der Waals surface area contributed by atoms with Crippen molar-refractivity contribution < 1.29 is 4.57 Å². The Morgan fingerprint density at radius 1 is 0.905 bits per heavy atom. The molecule has 2 heteroatoms. The molecule has 0 amide bonds. The molecule has 108 valence electrons. The molecule has 3 aromatic rings. The van der Waals surface area contributed by atoms with Gasteiger partial charge in [0.05, 0.1) is 5.92 Å². The first kappa shape index (κ1) is 13.9. The Kier molecular flexibility index (Phi) is 4.05. The van der Waals surface area contributed by atoms with E-state index in [0.29, 0.717) is 5.92 Å². The van der Waals surface area contributed by atoms with Crippen LogP contribution in [0.4, 0.5) is 0 Å². The lowest BCUT2D eigenvalue weighted by atomic mass is 10.0. The largest absolute Gasteiger partial charge is 0.258 e. The zero-order valence-corrected chi connectivity index (χ0v) is 12.8. The van der Waals surface area contributed by atoms with Crippen molar-refractivity contribution in [3.05, 3.63) is 66.0 Å². The van der Waals surface area contributed by atoms with Crippen LogP contribution in [0.2, 0.25) is 0 Å². The second-order valence-corrected chi connectivity index (χ2v) is 5.61. The number of nitrogens with zero attached hydrogens (tertiary/aromatic N) is 1. The van der Waals surface area contributed by atoms with Crippen molar-refractivity contribution in [3.8, 4) is 0 Å². The van der Waals surface area contributed by atoms with E-state index in [1.165, 1.54) is 22.4 Å². The first-order valence-electron chi connectivity index (χ1n) is 7.87. The summed E-state index contributed by atoms with van der Waals surface area (Å²) in [4.78, 5) is 3.65. The first-order chi connectivity index (χ1) is 10.3. The highest BCUT2D eigenvalue weighted by molar-refractivity contribution is 5.71. The molecule has 2 nitrogen and oxygen atoms in total. The molecule has 1 N–H and O–H groups in total. The van der Waals surface area contributed by atoms with Crippen LogP contribution < -0.4 is 4.57 Å². The van der Waals surface area contributed by atoms with Crippen LogP contribution >= 0.6 is 0 Å². The van der Waals surface area contributed by atoms with E-state index in [1.807, 2.05) is 0 Å². The summed E-state index contributed by atoms with van der Waals surface area (Å²) in [7, 11) is 0. The van der Waals surface area contributed by atoms with Gasteiger partial charge in [0.1, 0.15) is 6.54 Å². The summed E-state index contributed by atoms with van der Waals surface area (Å²) >= 11 is 0. The van der Waals surface area contributed by atoms with Gasteiger partial charge in [-0.05, 0) is 30.5 Å². The summed E-state index contributed by atoms with van der Waals surface area (Å²) in [5.41, 5.74) is 3.87. The maximum absolute atomic E-state index is 3.65. The molecule has 0 spiro atoms. The number of rotatable bonds is 5. The molecule has 1 aromatic heterocycles. The number of aromatic nitrogens is 2. The molecule has 0 fully saturated rings. The van der Waals surface area contributed by atoms with Gasteiger partial charge in [-0.3, -0.25) is 0 Å². The van der Waals surface area contributed by atoms with Gasteiger partial charge in [0.25, 0.3) is 5.82 Å². The van der Waals surface area contributed by atoms with Gasteiger partial charge in [0.15, 0.2) is 11.0 Å². The predicted octanol–water partition coefficient (Wildman–Crippen LogP) is 4.41. The Balaban J connectivity index is 2.11. The number of para-hydroxylation sites is 2. The van der Waals surface area contributed by atoms with E-state index in [0.717, 1.165) is 19.4 Å². The average molecular weight is 279 g/mol. The Morgan fingerprint density at radius 3 is 2.29 bits per heavy atom. The van der Waals surface area contributed by atoms with Crippen LogP contribution in [0.3, 0.4) is 0 Å². The number of imidazole rings is 1. The summed E-state index contributed by atoms with van der Waals surface area (Å²) in [5, 5.41) is 0. The molecule has 0 saturated carbocycles. The zero-order chi connectivity index (χ0) is 14.7. The lowest BCUT2D eigenvalue weighted by Crippen LogP contribution is -2.38. The van der Waals surface area contributed by atoms with Crippen LogP contribution in [-0.2, 0) is 6.54 Å². The van der Waals surface area contributed by atoms with Gasteiger partial charge in [0.2, 0.25) is 0 Å². The standard InChI is InChI=1S/C19H22N2/c1-3-16(4-2)19-20-17-12-8-9-13-18(17)21(19)14-15-10-6-5-7-11-15/h5-13,16H,3-4,14H2,1-2H3/p+1. The van der Waals surface area contributed by atoms with E-state index in [1.54, 1.807) is 0 Å². The number of H-pyrrole nitrogens is 1. The second kappa shape index (κ2) is 6.13. The minimum absolute atomic E-state index is 0.584.